The number of nitrogens with zero attached hydrogens (tertiary/aromatic N) is 1. The van der Waals surface area contributed by atoms with E-state index in [2.05, 4.69) is 94.3 Å². The summed E-state index contributed by atoms with van der Waals surface area (Å²) in [7, 11) is 0. The van der Waals surface area contributed by atoms with Crippen LogP contribution < -0.4 is 0 Å². The van der Waals surface area contributed by atoms with Crippen molar-refractivity contribution in [2.45, 2.75) is 0 Å². The summed E-state index contributed by atoms with van der Waals surface area (Å²) in [6, 6.07) is 25.5. The molecule has 0 bridgehead atoms. The van der Waals surface area contributed by atoms with Crippen molar-refractivity contribution in [3.8, 4) is 28.1 Å². The van der Waals surface area contributed by atoms with E-state index in [0.717, 1.165) is 0 Å². The Hall–Kier alpha value is -2.58. The van der Waals surface area contributed by atoms with E-state index in [0.29, 0.717) is 0 Å². The van der Waals surface area contributed by atoms with Crippen LogP contribution in [-0.4, -0.2) is 4.57 Å². The predicted molar refractivity (Wildman–Crippen MR) is 94.5 cm³/mol. The molecule has 22 heavy (non-hydrogen) atoms. The van der Waals surface area contributed by atoms with Crippen LogP contribution in [0.3, 0.4) is 0 Å². The zero-order chi connectivity index (χ0) is 14.8. The highest BCUT2D eigenvalue weighted by Crippen LogP contribution is 2.36. The van der Waals surface area contributed by atoms with Gasteiger partial charge in [-0.05, 0) is 35.2 Å². The molecule has 4 aromatic rings. The molecule has 0 aliphatic rings. The van der Waals surface area contributed by atoms with Gasteiger partial charge in [0.1, 0.15) is 0 Å². The summed E-state index contributed by atoms with van der Waals surface area (Å²) in [5.41, 5.74) is 6.21. The summed E-state index contributed by atoms with van der Waals surface area (Å²) < 4.78 is 2.27. The maximum atomic E-state index is 2.27. The molecule has 0 unspecified atom stereocenters. The maximum Gasteiger partial charge on any atom is 0.0615 e. The molecule has 0 spiro atoms. The lowest BCUT2D eigenvalue weighted by molar-refractivity contribution is 1.09. The Balaban J connectivity index is 1.96. The largest absolute Gasteiger partial charge is 0.316 e. The molecule has 0 saturated heterocycles. The topological polar surface area (TPSA) is 4.93 Å². The fourth-order valence-electron chi connectivity index (χ4n) is 2.78. The van der Waals surface area contributed by atoms with Gasteiger partial charge in [0, 0.05) is 28.4 Å². The lowest BCUT2D eigenvalue weighted by Gasteiger charge is -2.11. The van der Waals surface area contributed by atoms with Crippen molar-refractivity contribution in [2.75, 3.05) is 0 Å². The first-order valence-corrected chi connectivity index (χ1v) is 8.22. The summed E-state index contributed by atoms with van der Waals surface area (Å²) in [5, 5.41) is 4.34. The third-order valence-corrected chi connectivity index (χ3v) is 4.48. The number of benzene rings is 2. The Morgan fingerprint density at radius 3 is 2.09 bits per heavy atom. The van der Waals surface area contributed by atoms with Crippen LogP contribution in [0.25, 0.3) is 28.1 Å². The fourth-order valence-corrected chi connectivity index (χ4v) is 3.42. The van der Waals surface area contributed by atoms with Gasteiger partial charge in [-0.1, -0.05) is 48.5 Å². The van der Waals surface area contributed by atoms with Crippen molar-refractivity contribution in [1.82, 2.24) is 4.57 Å². The van der Waals surface area contributed by atoms with Gasteiger partial charge in [0.15, 0.2) is 0 Å². The molecule has 0 atom stereocenters. The number of para-hydroxylation sites is 1. The molecule has 106 valence electrons. The summed E-state index contributed by atoms with van der Waals surface area (Å²) in [6.07, 6.45) is 2.16. The molecule has 0 amide bonds. The summed E-state index contributed by atoms with van der Waals surface area (Å²) in [5.74, 6) is 0. The standard InChI is InChI=1S/C20H15NS/c1-3-7-16(8-4-1)19-11-13-21(18-9-5-2-6-10-18)20(19)17-12-14-22-15-17/h1-15H. The third-order valence-electron chi connectivity index (χ3n) is 3.80. The van der Waals surface area contributed by atoms with Gasteiger partial charge in [-0.2, -0.15) is 11.3 Å². The Morgan fingerprint density at radius 1 is 0.682 bits per heavy atom. The molecule has 2 heteroatoms. The zero-order valence-electron chi connectivity index (χ0n) is 12.0. The highest BCUT2D eigenvalue weighted by atomic mass is 32.1. The lowest BCUT2D eigenvalue weighted by atomic mass is 10.0. The van der Waals surface area contributed by atoms with Gasteiger partial charge in [0.05, 0.1) is 5.69 Å². The van der Waals surface area contributed by atoms with Crippen molar-refractivity contribution < 1.29 is 0 Å². The maximum absolute atomic E-state index is 2.27. The molecular formula is C20H15NS. The summed E-state index contributed by atoms with van der Waals surface area (Å²) in [4.78, 5) is 0. The first kappa shape index (κ1) is 13.1. The highest BCUT2D eigenvalue weighted by Gasteiger charge is 2.14. The van der Waals surface area contributed by atoms with Gasteiger partial charge in [0.25, 0.3) is 0 Å². The molecule has 0 radical (unpaired) electrons. The fraction of sp³-hybridized carbons (Fsp3) is 0. The molecule has 2 heterocycles. The highest BCUT2D eigenvalue weighted by molar-refractivity contribution is 7.08. The molecule has 1 nitrogen and oxygen atoms in total. The Bertz CT molecular complexity index is 802. The van der Waals surface area contributed by atoms with E-state index >= 15 is 0 Å². The van der Waals surface area contributed by atoms with Crippen molar-refractivity contribution in [1.29, 1.82) is 0 Å². The van der Waals surface area contributed by atoms with Gasteiger partial charge in [-0.15, -0.1) is 0 Å². The number of hydrogen-bond acceptors (Lipinski definition) is 1. The normalized spacial score (nSPS) is 10.7. The average molecular weight is 301 g/mol. The second-order valence-corrected chi connectivity index (χ2v) is 5.94. The van der Waals surface area contributed by atoms with Crippen molar-refractivity contribution in [2.24, 2.45) is 0 Å². The number of rotatable bonds is 3. The van der Waals surface area contributed by atoms with Crippen LogP contribution in [0, 0.1) is 0 Å². The van der Waals surface area contributed by atoms with Gasteiger partial charge in [0.2, 0.25) is 0 Å². The number of thiophene rings is 1. The molecule has 2 aromatic heterocycles. The second kappa shape index (κ2) is 5.66. The minimum Gasteiger partial charge on any atom is -0.316 e. The monoisotopic (exact) mass is 301 g/mol. The minimum absolute atomic E-state index is 1.19. The quantitative estimate of drug-likeness (QED) is 0.446. The Kier molecular flexibility index (Phi) is 3.37. The van der Waals surface area contributed by atoms with Crippen LogP contribution in [0.15, 0.2) is 89.8 Å². The van der Waals surface area contributed by atoms with Crippen molar-refractivity contribution in [3.63, 3.8) is 0 Å². The second-order valence-electron chi connectivity index (χ2n) is 5.16. The first-order valence-electron chi connectivity index (χ1n) is 7.28. The number of hydrogen-bond donors (Lipinski definition) is 0. The van der Waals surface area contributed by atoms with Crippen LogP contribution in [0.4, 0.5) is 0 Å². The number of aromatic nitrogens is 1. The molecule has 2 aromatic carbocycles. The van der Waals surface area contributed by atoms with E-state index < -0.39 is 0 Å². The molecular weight excluding hydrogens is 286 g/mol. The first-order chi connectivity index (χ1) is 10.9. The van der Waals surface area contributed by atoms with Gasteiger partial charge >= 0.3 is 0 Å². The third kappa shape index (κ3) is 2.28. The van der Waals surface area contributed by atoms with E-state index in [1.807, 2.05) is 0 Å². The van der Waals surface area contributed by atoms with E-state index in [1.165, 1.54) is 28.1 Å². The minimum atomic E-state index is 1.19. The SMILES string of the molecule is c1ccc(-c2ccn(-c3ccccc3)c2-c2ccsc2)cc1. The predicted octanol–water partition coefficient (Wildman–Crippen LogP) is 5.87. The van der Waals surface area contributed by atoms with E-state index in [-0.39, 0.29) is 0 Å². The van der Waals surface area contributed by atoms with Crippen molar-refractivity contribution in [3.05, 3.63) is 89.8 Å². The van der Waals surface area contributed by atoms with Crippen LogP contribution in [-0.2, 0) is 0 Å². The lowest BCUT2D eigenvalue weighted by Crippen LogP contribution is -1.95. The van der Waals surface area contributed by atoms with Gasteiger partial charge < -0.3 is 4.57 Å². The van der Waals surface area contributed by atoms with Crippen LogP contribution in [0.1, 0.15) is 0 Å². The molecule has 0 saturated carbocycles. The van der Waals surface area contributed by atoms with Gasteiger partial charge in [-0.25, -0.2) is 0 Å². The Morgan fingerprint density at radius 2 is 1.41 bits per heavy atom. The summed E-state index contributed by atoms with van der Waals surface area (Å²) >= 11 is 1.73. The van der Waals surface area contributed by atoms with E-state index in [4.69, 9.17) is 0 Å². The van der Waals surface area contributed by atoms with Gasteiger partial charge in [-0.3, -0.25) is 0 Å². The molecule has 0 N–H and O–H groups in total. The molecule has 4 rings (SSSR count). The molecule has 0 aliphatic carbocycles. The van der Waals surface area contributed by atoms with Crippen molar-refractivity contribution >= 4 is 11.3 Å². The van der Waals surface area contributed by atoms with Crippen LogP contribution in [0.2, 0.25) is 0 Å². The summed E-state index contributed by atoms with van der Waals surface area (Å²) in [6.45, 7) is 0. The van der Waals surface area contributed by atoms with Crippen LogP contribution in [0.5, 0.6) is 0 Å². The smallest absolute Gasteiger partial charge is 0.0615 e. The van der Waals surface area contributed by atoms with E-state index in [1.54, 1.807) is 11.3 Å². The van der Waals surface area contributed by atoms with Crippen LogP contribution >= 0.6 is 11.3 Å². The molecule has 0 aliphatic heterocycles. The average Bonchev–Trinajstić information content (AvgIpc) is 3.25. The Labute approximate surface area is 134 Å². The van der Waals surface area contributed by atoms with E-state index in [9.17, 15) is 0 Å². The zero-order valence-corrected chi connectivity index (χ0v) is 12.8. The molecule has 0 fully saturated rings.